The van der Waals surface area contributed by atoms with E-state index in [0.717, 1.165) is 36.9 Å². The number of furan rings is 1. The highest BCUT2D eigenvalue weighted by Gasteiger charge is 2.40. The zero-order valence-corrected chi connectivity index (χ0v) is 13.4. The fraction of sp³-hybridized carbons (Fsp3) is 0.588. The number of hydrogen-bond acceptors (Lipinski definition) is 4. The fourth-order valence-corrected chi connectivity index (χ4v) is 2.61. The third kappa shape index (κ3) is 4.96. The minimum absolute atomic E-state index is 0.184. The molecule has 1 fully saturated rings. The highest BCUT2D eigenvalue weighted by molar-refractivity contribution is 5.81. The summed E-state index contributed by atoms with van der Waals surface area (Å²) in [7, 11) is 0. The summed E-state index contributed by atoms with van der Waals surface area (Å²) in [6, 6.07) is 1.80. The zero-order valence-electron chi connectivity index (χ0n) is 13.4. The van der Waals surface area contributed by atoms with E-state index in [4.69, 9.17) is 9.15 Å². The van der Waals surface area contributed by atoms with Crippen molar-refractivity contribution < 1.29 is 13.9 Å². The first kappa shape index (κ1) is 17.3. The van der Waals surface area contributed by atoms with Crippen LogP contribution in [-0.2, 0) is 16.1 Å². The molecule has 0 aliphatic heterocycles. The summed E-state index contributed by atoms with van der Waals surface area (Å²) in [5.74, 6) is -0.184. The van der Waals surface area contributed by atoms with Crippen molar-refractivity contribution in [1.82, 2.24) is 5.32 Å². The number of carbonyl (C=O) groups is 1. The smallest absolute Gasteiger partial charge is 0.332 e. The molecular weight excluding hydrogens is 266 g/mol. The van der Waals surface area contributed by atoms with Crippen molar-refractivity contribution in [2.45, 2.75) is 65.0 Å². The Balaban J connectivity index is 0.00000106. The van der Waals surface area contributed by atoms with E-state index in [1.807, 2.05) is 20.8 Å². The molecule has 0 aromatic carbocycles. The molecule has 1 aromatic heterocycles. The summed E-state index contributed by atoms with van der Waals surface area (Å²) in [4.78, 5) is 12.4. The molecular formula is C17H27NO3. The van der Waals surface area contributed by atoms with Gasteiger partial charge in [-0.05, 0) is 25.8 Å². The Bertz CT molecular complexity index is 431. The molecule has 1 saturated carbocycles. The van der Waals surface area contributed by atoms with Crippen LogP contribution < -0.4 is 5.32 Å². The number of hydrogen-bond donors (Lipinski definition) is 1. The first-order chi connectivity index (χ1) is 10.1. The van der Waals surface area contributed by atoms with Gasteiger partial charge in [0.1, 0.15) is 12.1 Å². The Labute approximate surface area is 127 Å². The third-order valence-corrected chi connectivity index (χ3v) is 3.50. The van der Waals surface area contributed by atoms with Crippen LogP contribution in [0.5, 0.6) is 0 Å². The topological polar surface area (TPSA) is 51.5 Å². The minimum atomic E-state index is -0.589. The molecule has 2 rings (SSSR count). The van der Waals surface area contributed by atoms with E-state index in [0.29, 0.717) is 0 Å². The number of allylic oxidation sites excluding steroid dienone is 1. The Hall–Kier alpha value is -1.71. The van der Waals surface area contributed by atoms with Gasteiger partial charge >= 0.3 is 5.97 Å². The molecule has 4 nitrogen and oxygen atoms in total. The fourth-order valence-electron chi connectivity index (χ4n) is 2.61. The van der Waals surface area contributed by atoms with Gasteiger partial charge in [0.25, 0.3) is 0 Å². The van der Waals surface area contributed by atoms with Crippen molar-refractivity contribution in [2.24, 2.45) is 0 Å². The van der Waals surface area contributed by atoms with Gasteiger partial charge < -0.3 is 14.5 Å². The van der Waals surface area contributed by atoms with Gasteiger partial charge in [0.05, 0.1) is 12.5 Å². The lowest BCUT2D eigenvalue weighted by Gasteiger charge is -2.36. The van der Waals surface area contributed by atoms with Crippen LogP contribution in [0.1, 0.15) is 58.4 Å². The van der Waals surface area contributed by atoms with Gasteiger partial charge in [0, 0.05) is 11.3 Å². The van der Waals surface area contributed by atoms with E-state index in [2.05, 4.69) is 11.9 Å². The number of rotatable bonds is 5. The summed E-state index contributed by atoms with van der Waals surface area (Å²) >= 11 is 0. The maximum atomic E-state index is 12.4. The molecule has 1 heterocycles. The summed E-state index contributed by atoms with van der Waals surface area (Å²) in [6.07, 6.45) is 8.05. The predicted octanol–water partition coefficient (Wildman–Crippen LogP) is 4.18. The molecule has 0 bridgehead atoms. The van der Waals surface area contributed by atoms with E-state index in [-0.39, 0.29) is 12.6 Å². The monoisotopic (exact) mass is 293 g/mol. The van der Waals surface area contributed by atoms with Crippen molar-refractivity contribution >= 4 is 5.97 Å². The average Bonchev–Trinajstić information content (AvgIpc) is 3.00. The highest BCUT2D eigenvalue weighted by atomic mass is 16.5. The second-order valence-electron chi connectivity index (χ2n) is 5.26. The first-order valence-corrected chi connectivity index (χ1v) is 7.74. The lowest BCUT2D eigenvalue weighted by molar-refractivity contribution is -0.154. The lowest BCUT2D eigenvalue weighted by Crippen LogP contribution is -2.53. The van der Waals surface area contributed by atoms with E-state index in [1.165, 1.54) is 6.42 Å². The van der Waals surface area contributed by atoms with Crippen molar-refractivity contribution in [3.8, 4) is 0 Å². The third-order valence-electron chi connectivity index (χ3n) is 3.50. The van der Waals surface area contributed by atoms with Crippen molar-refractivity contribution in [1.29, 1.82) is 0 Å². The van der Waals surface area contributed by atoms with Crippen LogP contribution in [0.25, 0.3) is 0 Å². The summed E-state index contributed by atoms with van der Waals surface area (Å²) in [5, 5.41) is 3.23. The molecule has 4 heteroatoms. The predicted molar refractivity (Wildman–Crippen MR) is 83.6 cm³/mol. The number of carbonyl (C=O) groups excluding carboxylic acids is 1. The van der Waals surface area contributed by atoms with Gasteiger partial charge in [-0.2, -0.15) is 0 Å². The standard InChI is InChI=1S/C15H21NO3.C2H6/c1-12(2)16-15(7-4-3-5-8-15)14(17)19-11-13-6-9-18-10-13;1-2/h6,9-10,16H,1,3-5,7-8,11H2,2H3;1-2H3. The maximum Gasteiger partial charge on any atom is 0.332 e. The van der Waals surface area contributed by atoms with E-state index in [1.54, 1.807) is 18.6 Å². The van der Waals surface area contributed by atoms with Crippen LogP contribution >= 0.6 is 0 Å². The molecule has 0 saturated heterocycles. The molecule has 21 heavy (non-hydrogen) atoms. The zero-order chi connectivity index (χ0) is 15.7. The van der Waals surface area contributed by atoms with Gasteiger partial charge in [-0.3, -0.25) is 0 Å². The van der Waals surface area contributed by atoms with Gasteiger partial charge in [-0.1, -0.05) is 39.7 Å². The van der Waals surface area contributed by atoms with Crippen LogP contribution in [0.3, 0.4) is 0 Å². The van der Waals surface area contributed by atoms with Crippen LogP contribution in [0.4, 0.5) is 0 Å². The van der Waals surface area contributed by atoms with Gasteiger partial charge in [-0.15, -0.1) is 0 Å². The van der Waals surface area contributed by atoms with Crippen LogP contribution in [0, 0.1) is 0 Å². The van der Waals surface area contributed by atoms with Gasteiger partial charge in [0.2, 0.25) is 0 Å². The second-order valence-corrected chi connectivity index (χ2v) is 5.26. The molecule has 1 aliphatic rings. The van der Waals surface area contributed by atoms with E-state index in [9.17, 15) is 4.79 Å². The number of esters is 1. The van der Waals surface area contributed by atoms with Crippen molar-refractivity contribution in [3.05, 3.63) is 36.4 Å². The normalized spacial score (nSPS) is 16.3. The summed E-state index contributed by atoms with van der Waals surface area (Å²) in [5.41, 5.74) is 1.09. The maximum absolute atomic E-state index is 12.4. The molecule has 0 spiro atoms. The van der Waals surface area contributed by atoms with E-state index >= 15 is 0 Å². The summed E-state index contributed by atoms with van der Waals surface area (Å²) < 4.78 is 10.4. The molecule has 0 unspecified atom stereocenters. The largest absolute Gasteiger partial charge is 0.472 e. The highest BCUT2D eigenvalue weighted by Crippen LogP contribution is 2.30. The van der Waals surface area contributed by atoms with Crippen LogP contribution in [0.2, 0.25) is 0 Å². The second kappa shape index (κ2) is 8.55. The minimum Gasteiger partial charge on any atom is -0.472 e. The molecule has 0 amide bonds. The first-order valence-electron chi connectivity index (χ1n) is 7.74. The van der Waals surface area contributed by atoms with E-state index < -0.39 is 5.54 Å². The number of ether oxygens (including phenoxy) is 1. The summed E-state index contributed by atoms with van der Waals surface area (Å²) in [6.45, 7) is 9.99. The molecule has 0 atom stereocenters. The van der Waals surface area contributed by atoms with Crippen LogP contribution in [-0.4, -0.2) is 11.5 Å². The van der Waals surface area contributed by atoms with Crippen molar-refractivity contribution in [3.63, 3.8) is 0 Å². The Morgan fingerprint density at radius 2 is 2.05 bits per heavy atom. The van der Waals surface area contributed by atoms with Crippen LogP contribution in [0.15, 0.2) is 35.3 Å². The Morgan fingerprint density at radius 1 is 1.38 bits per heavy atom. The average molecular weight is 293 g/mol. The molecule has 0 radical (unpaired) electrons. The molecule has 118 valence electrons. The van der Waals surface area contributed by atoms with Gasteiger partial charge in [-0.25, -0.2) is 4.79 Å². The quantitative estimate of drug-likeness (QED) is 0.828. The molecule has 1 N–H and O–H groups in total. The van der Waals surface area contributed by atoms with Gasteiger partial charge in [0.15, 0.2) is 0 Å². The Morgan fingerprint density at radius 3 is 2.57 bits per heavy atom. The number of nitrogens with one attached hydrogen (secondary N) is 1. The SMILES string of the molecule is C=C(C)NC1(C(=O)OCc2ccoc2)CCCCC1.CC. The Kier molecular flexibility index (Phi) is 7.06. The molecule has 1 aromatic rings. The van der Waals surface area contributed by atoms with Crippen molar-refractivity contribution in [2.75, 3.05) is 0 Å². The lowest BCUT2D eigenvalue weighted by atomic mass is 9.81. The molecule has 1 aliphatic carbocycles.